The summed E-state index contributed by atoms with van der Waals surface area (Å²) in [6.07, 6.45) is 6.30. The van der Waals surface area contributed by atoms with E-state index in [0.29, 0.717) is 13.0 Å². The van der Waals surface area contributed by atoms with Crippen LogP contribution in [0.1, 0.15) is 12.0 Å². The van der Waals surface area contributed by atoms with Gasteiger partial charge in [0, 0.05) is 18.9 Å². The van der Waals surface area contributed by atoms with E-state index < -0.39 is 6.04 Å². The fourth-order valence-electron chi connectivity index (χ4n) is 1.98. The Bertz CT molecular complexity index is 571. The summed E-state index contributed by atoms with van der Waals surface area (Å²) in [6.45, 7) is 0.446. The van der Waals surface area contributed by atoms with Gasteiger partial charge in [-0.05, 0) is 36.1 Å². The molecule has 0 radical (unpaired) electrons. The smallest absolute Gasteiger partial charge is 0.237 e. The Labute approximate surface area is 128 Å². The van der Waals surface area contributed by atoms with Gasteiger partial charge in [-0.1, -0.05) is 18.2 Å². The average Bonchev–Trinajstić information content (AvgIpc) is 3.04. The molecule has 0 spiro atoms. The molecule has 0 fully saturated rings. The van der Waals surface area contributed by atoms with Gasteiger partial charge in [-0.2, -0.15) is 16.9 Å². The highest BCUT2D eigenvalue weighted by Gasteiger charge is 2.13. The Hall–Kier alpha value is -1.79. The normalized spacial score (nSPS) is 12.1. The molecule has 0 aliphatic heterocycles. The number of aromatic nitrogens is 2. The van der Waals surface area contributed by atoms with Crippen LogP contribution in [0.2, 0.25) is 0 Å². The quantitative estimate of drug-likeness (QED) is 0.814. The van der Waals surface area contributed by atoms with Gasteiger partial charge < -0.3 is 11.1 Å². The Balaban J connectivity index is 1.99. The van der Waals surface area contributed by atoms with Gasteiger partial charge in [-0.3, -0.25) is 4.79 Å². The number of nitrogens with two attached hydrogens (primary N) is 1. The van der Waals surface area contributed by atoms with E-state index in [2.05, 4.69) is 10.4 Å². The molecule has 0 bridgehead atoms. The fourth-order valence-corrected chi connectivity index (χ4v) is 2.47. The number of hydrogen-bond acceptors (Lipinski definition) is 4. The van der Waals surface area contributed by atoms with Gasteiger partial charge in [0.05, 0.1) is 11.7 Å². The third-order valence-corrected chi connectivity index (χ3v) is 3.81. The van der Waals surface area contributed by atoms with Crippen LogP contribution in [-0.2, 0) is 11.3 Å². The molecule has 0 aliphatic carbocycles. The molecule has 0 saturated heterocycles. The number of thioether (sulfide) groups is 1. The molecule has 1 aromatic heterocycles. The van der Waals surface area contributed by atoms with Gasteiger partial charge in [0.2, 0.25) is 5.91 Å². The van der Waals surface area contributed by atoms with E-state index >= 15 is 0 Å². The van der Waals surface area contributed by atoms with Gasteiger partial charge in [-0.15, -0.1) is 0 Å². The molecule has 1 amide bonds. The molecule has 3 N–H and O–H groups in total. The van der Waals surface area contributed by atoms with Crippen LogP contribution in [0.25, 0.3) is 5.69 Å². The number of para-hydroxylation sites is 1. The summed E-state index contributed by atoms with van der Waals surface area (Å²) in [5.41, 5.74) is 7.82. The average molecular weight is 304 g/mol. The van der Waals surface area contributed by atoms with Crippen LogP contribution in [0.4, 0.5) is 0 Å². The van der Waals surface area contributed by atoms with Crippen molar-refractivity contribution in [2.24, 2.45) is 5.73 Å². The standard InChI is InChI=1S/C15H20N4OS/c1-21-10-7-13(16)15(20)17-11-12-5-2-3-6-14(12)19-9-4-8-18-19/h2-6,8-9,13H,7,10-11,16H2,1H3,(H,17,20)/t13-/m0/s1. The molecule has 21 heavy (non-hydrogen) atoms. The van der Waals surface area contributed by atoms with Gasteiger partial charge in [-0.25, -0.2) is 4.68 Å². The summed E-state index contributed by atoms with van der Waals surface area (Å²) in [5, 5.41) is 7.12. The fraction of sp³-hybridized carbons (Fsp3) is 0.333. The van der Waals surface area contributed by atoms with E-state index in [1.165, 1.54) is 0 Å². The first-order chi connectivity index (χ1) is 10.2. The summed E-state index contributed by atoms with van der Waals surface area (Å²) in [4.78, 5) is 12.0. The van der Waals surface area contributed by atoms with Gasteiger partial charge in [0.25, 0.3) is 0 Å². The molecule has 6 heteroatoms. The lowest BCUT2D eigenvalue weighted by Crippen LogP contribution is -2.40. The number of nitrogens with zero attached hydrogens (tertiary/aromatic N) is 2. The first kappa shape index (κ1) is 15.6. The van der Waals surface area contributed by atoms with Gasteiger partial charge in [0.15, 0.2) is 0 Å². The van der Waals surface area contributed by atoms with Crippen molar-refractivity contribution in [1.82, 2.24) is 15.1 Å². The Morgan fingerprint density at radius 3 is 2.95 bits per heavy atom. The van der Waals surface area contributed by atoms with Crippen LogP contribution in [0.5, 0.6) is 0 Å². The minimum atomic E-state index is -0.450. The monoisotopic (exact) mass is 304 g/mol. The molecule has 1 heterocycles. The maximum absolute atomic E-state index is 12.0. The van der Waals surface area contributed by atoms with E-state index in [1.54, 1.807) is 22.6 Å². The van der Waals surface area contributed by atoms with E-state index in [1.807, 2.05) is 42.8 Å². The second kappa shape index (κ2) is 7.85. The van der Waals surface area contributed by atoms with Crippen molar-refractivity contribution in [1.29, 1.82) is 0 Å². The summed E-state index contributed by atoms with van der Waals surface area (Å²) in [5.74, 6) is 0.776. The second-order valence-corrected chi connectivity index (χ2v) is 5.67. The molecule has 5 nitrogen and oxygen atoms in total. The minimum Gasteiger partial charge on any atom is -0.351 e. The third kappa shape index (κ3) is 4.34. The number of carbonyl (C=O) groups excluding carboxylic acids is 1. The first-order valence-electron chi connectivity index (χ1n) is 6.82. The molecule has 1 aromatic carbocycles. The third-order valence-electron chi connectivity index (χ3n) is 3.17. The number of nitrogens with one attached hydrogen (secondary N) is 1. The molecule has 112 valence electrons. The zero-order chi connectivity index (χ0) is 15.1. The van der Waals surface area contributed by atoms with Crippen molar-refractivity contribution < 1.29 is 4.79 Å². The van der Waals surface area contributed by atoms with E-state index in [9.17, 15) is 4.79 Å². The van der Waals surface area contributed by atoms with Crippen LogP contribution in [-0.4, -0.2) is 33.7 Å². The maximum Gasteiger partial charge on any atom is 0.237 e. The van der Waals surface area contributed by atoms with Crippen molar-refractivity contribution in [2.75, 3.05) is 12.0 Å². The molecular formula is C15H20N4OS. The Morgan fingerprint density at radius 1 is 1.43 bits per heavy atom. The molecule has 2 aromatic rings. The lowest BCUT2D eigenvalue weighted by atomic mass is 10.1. The number of benzene rings is 1. The minimum absolute atomic E-state index is 0.112. The van der Waals surface area contributed by atoms with Crippen molar-refractivity contribution in [3.05, 3.63) is 48.3 Å². The number of carbonyl (C=O) groups is 1. The Morgan fingerprint density at radius 2 is 2.24 bits per heavy atom. The molecule has 0 aliphatic rings. The van der Waals surface area contributed by atoms with Crippen molar-refractivity contribution >= 4 is 17.7 Å². The molecule has 0 saturated carbocycles. The summed E-state index contributed by atoms with van der Waals surface area (Å²) >= 11 is 1.69. The lowest BCUT2D eigenvalue weighted by Gasteiger charge is -2.14. The van der Waals surface area contributed by atoms with Crippen LogP contribution in [0.15, 0.2) is 42.7 Å². The predicted octanol–water partition coefficient (Wildman–Crippen LogP) is 1.57. The zero-order valence-electron chi connectivity index (χ0n) is 12.0. The summed E-state index contributed by atoms with van der Waals surface area (Å²) in [6, 6.07) is 9.27. The molecular weight excluding hydrogens is 284 g/mol. The maximum atomic E-state index is 12.0. The van der Waals surface area contributed by atoms with Crippen LogP contribution in [0, 0.1) is 0 Å². The largest absolute Gasteiger partial charge is 0.351 e. The second-order valence-electron chi connectivity index (χ2n) is 4.69. The van der Waals surface area contributed by atoms with Crippen LogP contribution in [0.3, 0.4) is 0 Å². The molecule has 0 unspecified atom stereocenters. The number of amides is 1. The highest BCUT2D eigenvalue weighted by atomic mass is 32.2. The highest BCUT2D eigenvalue weighted by molar-refractivity contribution is 7.98. The first-order valence-corrected chi connectivity index (χ1v) is 8.22. The SMILES string of the molecule is CSCC[C@H](N)C(=O)NCc1ccccc1-n1cccn1. The van der Waals surface area contributed by atoms with Crippen molar-refractivity contribution in [2.45, 2.75) is 19.0 Å². The summed E-state index contributed by atoms with van der Waals surface area (Å²) in [7, 11) is 0. The summed E-state index contributed by atoms with van der Waals surface area (Å²) < 4.78 is 1.79. The number of hydrogen-bond donors (Lipinski definition) is 2. The van der Waals surface area contributed by atoms with E-state index in [4.69, 9.17) is 5.73 Å². The Kier molecular flexibility index (Phi) is 5.83. The van der Waals surface area contributed by atoms with Gasteiger partial charge >= 0.3 is 0 Å². The highest BCUT2D eigenvalue weighted by Crippen LogP contribution is 2.13. The van der Waals surface area contributed by atoms with E-state index in [0.717, 1.165) is 17.0 Å². The lowest BCUT2D eigenvalue weighted by molar-refractivity contribution is -0.122. The topological polar surface area (TPSA) is 72.9 Å². The zero-order valence-corrected chi connectivity index (χ0v) is 12.8. The van der Waals surface area contributed by atoms with Crippen LogP contribution >= 0.6 is 11.8 Å². The predicted molar refractivity (Wildman–Crippen MR) is 86.4 cm³/mol. The van der Waals surface area contributed by atoms with E-state index in [-0.39, 0.29) is 5.91 Å². The van der Waals surface area contributed by atoms with Gasteiger partial charge in [0.1, 0.15) is 0 Å². The van der Waals surface area contributed by atoms with Crippen molar-refractivity contribution in [3.63, 3.8) is 0 Å². The molecule has 2 rings (SSSR count). The molecule has 1 atom stereocenters. The van der Waals surface area contributed by atoms with Crippen molar-refractivity contribution in [3.8, 4) is 5.69 Å². The van der Waals surface area contributed by atoms with Crippen LogP contribution < -0.4 is 11.1 Å². The number of rotatable bonds is 7.